The maximum atomic E-state index is 6.38. The van der Waals surface area contributed by atoms with Gasteiger partial charge in [-0.05, 0) is 128 Å². The largest absolute Gasteiger partial charge is 0.456 e. The molecule has 2 heterocycles. The quantitative estimate of drug-likeness (QED) is 0.151. The molecule has 1 aliphatic heterocycles. The van der Waals surface area contributed by atoms with Crippen LogP contribution >= 0.6 is 0 Å². The molecule has 0 saturated heterocycles. The number of nitrogens with zero attached hydrogens (tertiary/aromatic N) is 1. The standard InChI is InChI=1S/C54H41NO/c1-2-34-32-49(35-14-4-3-5-15-35)55-40(29-28-39-30-36-16-6-7-19-41(36)44-21-9-8-20-42(39)44)33-48(34)38-18-10-17-37(31-38)43-22-11-23-45-46-24-12-26-50-53(46)54-47(52(43)45)25-13-27-51(54)56-50/h3-27,31-34,39H,2,28-30H2,1H3. The van der Waals surface area contributed by atoms with Crippen molar-refractivity contribution in [2.24, 2.45) is 10.9 Å². The molecule has 2 heteroatoms. The van der Waals surface area contributed by atoms with Gasteiger partial charge in [0.2, 0.25) is 0 Å². The summed E-state index contributed by atoms with van der Waals surface area (Å²) in [5.74, 6) is 0.655. The minimum absolute atomic E-state index is 0.216. The maximum Gasteiger partial charge on any atom is 0.136 e. The van der Waals surface area contributed by atoms with Crippen molar-refractivity contribution in [3.05, 3.63) is 192 Å². The third-order valence-corrected chi connectivity index (χ3v) is 12.4. The highest BCUT2D eigenvalue weighted by molar-refractivity contribution is 6.34. The van der Waals surface area contributed by atoms with Crippen LogP contribution < -0.4 is 0 Å². The molecule has 56 heavy (non-hydrogen) atoms. The molecule has 0 radical (unpaired) electrons. The number of hydrogen-bond donors (Lipinski definition) is 0. The van der Waals surface area contributed by atoms with Crippen molar-refractivity contribution in [3.8, 4) is 22.3 Å². The smallest absolute Gasteiger partial charge is 0.136 e. The highest BCUT2D eigenvalue weighted by Gasteiger charge is 2.26. The summed E-state index contributed by atoms with van der Waals surface area (Å²) in [6, 6.07) is 57.7. The number of allylic oxidation sites excluding steroid dienone is 3. The van der Waals surface area contributed by atoms with Crippen LogP contribution in [0.15, 0.2) is 179 Å². The van der Waals surface area contributed by atoms with Crippen molar-refractivity contribution in [2.75, 3.05) is 0 Å². The monoisotopic (exact) mass is 719 g/mol. The molecule has 0 spiro atoms. The van der Waals surface area contributed by atoms with Crippen molar-refractivity contribution < 1.29 is 4.42 Å². The third kappa shape index (κ3) is 5.35. The summed E-state index contributed by atoms with van der Waals surface area (Å²) >= 11 is 0. The van der Waals surface area contributed by atoms with Crippen LogP contribution in [0.3, 0.4) is 0 Å². The molecule has 8 aromatic carbocycles. The Morgan fingerprint density at radius 2 is 1.21 bits per heavy atom. The molecule has 1 aliphatic carbocycles. The Labute approximate surface area is 327 Å². The summed E-state index contributed by atoms with van der Waals surface area (Å²) in [4.78, 5) is 5.49. The van der Waals surface area contributed by atoms with Crippen LogP contribution in [0.25, 0.3) is 77.0 Å². The zero-order valence-corrected chi connectivity index (χ0v) is 31.5. The molecule has 0 saturated carbocycles. The SMILES string of the molecule is CCC1C=C(c2ccccc2)N=C(CCC2Cc3ccccc3-c3ccccc32)C=C1c1cccc(-c2cccc3c4cccc5oc6cccc(c23)c6c54)c1. The van der Waals surface area contributed by atoms with Gasteiger partial charge in [-0.15, -0.1) is 0 Å². The van der Waals surface area contributed by atoms with E-state index in [1.54, 1.807) is 0 Å². The van der Waals surface area contributed by atoms with Gasteiger partial charge in [0.1, 0.15) is 11.2 Å². The van der Waals surface area contributed by atoms with E-state index in [1.807, 2.05) is 0 Å². The maximum absolute atomic E-state index is 6.38. The summed E-state index contributed by atoms with van der Waals surface area (Å²) < 4.78 is 6.38. The summed E-state index contributed by atoms with van der Waals surface area (Å²) in [5.41, 5.74) is 16.0. The second kappa shape index (κ2) is 13.4. The van der Waals surface area contributed by atoms with E-state index < -0.39 is 0 Å². The number of furan rings is 1. The first-order valence-electron chi connectivity index (χ1n) is 20.1. The normalized spacial score (nSPS) is 16.8. The minimum Gasteiger partial charge on any atom is -0.456 e. The van der Waals surface area contributed by atoms with E-state index in [4.69, 9.17) is 9.41 Å². The summed E-state index contributed by atoms with van der Waals surface area (Å²) in [5, 5.41) is 7.47. The molecule has 1 aromatic heterocycles. The summed E-state index contributed by atoms with van der Waals surface area (Å²) in [6.45, 7) is 2.31. The van der Waals surface area contributed by atoms with Crippen molar-refractivity contribution >= 4 is 60.5 Å². The van der Waals surface area contributed by atoms with Gasteiger partial charge in [-0.3, -0.25) is 4.99 Å². The predicted octanol–water partition coefficient (Wildman–Crippen LogP) is 14.7. The molecule has 0 amide bonds. The Hall–Kier alpha value is -6.51. The lowest BCUT2D eigenvalue weighted by Gasteiger charge is -2.28. The lowest BCUT2D eigenvalue weighted by atomic mass is 9.76. The molecular formula is C54H41NO. The lowest BCUT2D eigenvalue weighted by molar-refractivity contribution is 0.633. The summed E-state index contributed by atoms with van der Waals surface area (Å²) in [7, 11) is 0. The Balaban J connectivity index is 1.02. The van der Waals surface area contributed by atoms with Gasteiger partial charge in [-0.25, -0.2) is 0 Å². The first-order valence-corrected chi connectivity index (χ1v) is 20.1. The van der Waals surface area contributed by atoms with E-state index in [0.717, 1.165) is 48.3 Å². The molecule has 2 unspecified atom stereocenters. The molecule has 2 atom stereocenters. The fourth-order valence-corrected chi connectivity index (χ4v) is 9.81. The molecule has 0 fully saturated rings. The predicted molar refractivity (Wildman–Crippen MR) is 237 cm³/mol. The zero-order valence-electron chi connectivity index (χ0n) is 31.5. The van der Waals surface area contributed by atoms with Crippen LogP contribution in [0, 0.1) is 5.92 Å². The van der Waals surface area contributed by atoms with Crippen LogP contribution in [0.5, 0.6) is 0 Å². The molecule has 268 valence electrons. The molecule has 0 N–H and O–H groups in total. The van der Waals surface area contributed by atoms with Crippen molar-refractivity contribution in [1.82, 2.24) is 0 Å². The Morgan fingerprint density at radius 3 is 2.05 bits per heavy atom. The van der Waals surface area contributed by atoms with Crippen molar-refractivity contribution in [1.29, 1.82) is 0 Å². The van der Waals surface area contributed by atoms with Gasteiger partial charge in [0.05, 0.1) is 5.70 Å². The van der Waals surface area contributed by atoms with Crippen LogP contribution in [0.2, 0.25) is 0 Å². The average molecular weight is 720 g/mol. The molecule has 0 bridgehead atoms. The Bertz CT molecular complexity index is 3050. The van der Waals surface area contributed by atoms with Gasteiger partial charge < -0.3 is 4.42 Å². The van der Waals surface area contributed by atoms with Gasteiger partial charge in [0.25, 0.3) is 0 Å². The topological polar surface area (TPSA) is 25.5 Å². The fourth-order valence-electron chi connectivity index (χ4n) is 9.81. The highest BCUT2D eigenvalue weighted by Crippen LogP contribution is 2.46. The number of hydrogen-bond acceptors (Lipinski definition) is 2. The fraction of sp³-hybridized carbons (Fsp3) is 0.130. The van der Waals surface area contributed by atoms with Gasteiger partial charge in [0.15, 0.2) is 0 Å². The van der Waals surface area contributed by atoms with Crippen molar-refractivity contribution in [2.45, 2.75) is 38.5 Å². The molecule has 11 rings (SSSR count). The van der Waals surface area contributed by atoms with E-state index in [2.05, 4.69) is 177 Å². The minimum atomic E-state index is 0.216. The van der Waals surface area contributed by atoms with Gasteiger partial charge in [0, 0.05) is 22.4 Å². The number of fused-ring (bicyclic) bond motifs is 6. The van der Waals surface area contributed by atoms with Crippen LogP contribution in [0.4, 0.5) is 0 Å². The second-order valence-electron chi connectivity index (χ2n) is 15.6. The molecular weight excluding hydrogens is 679 g/mol. The van der Waals surface area contributed by atoms with E-state index in [0.29, 0.717) is 5.92 Å². The van der Waals surface area contributed by atoms with Gasteiger partial charge in [-0.2, -0.15) is 0 Å². The Morgan fingerprint density at radius 1 is 0.571 bits per heavy atom. The summed E-state index contributed by atoms with van der Waals surface area (Å²) in [6.07, 6.45) is 8.83. The zero-order chi connectivity index (χ0) is 37.2. The molecule has 9 aromatic rings. The van der Waals surface area contributed by atoms with Crippen molar-refractivity contribution in [3.63, 3.8) is 0 Å². The van der Waals surface area contributed by atoms with E-state index in [9.17, 15) is 0 Å². The first-order chi connectivity index (χ1) is 27.7. The number of benzene rings is 8. The van der Waals surface area contributed by atoms with Gasteiger partial charge in [-0.1, -0.05) is 153 Å². The first kappa shape index (κ1) is 32.9. The van der Waals surface area contributed by atoms with E-state index >= 15 is 0 Å². The van der Waals surface area contributed by atoms with Crippen LogP contribution in [-0.4, -0.2) is 5.71 Å². The molecule has 2 aliphatic rings. The lowest BCUT2D eigenvalue weighted by Crippen LogP contribution is -2.13. The molecule has 2 nitrogen and oxygen atoms in total. The second-order valence-corrected chi connectivity index (χ2v) is 15.6. The Kier molecular flexibility index (Phi) is 7.84. The highest BCUT2D eigenvalue weighted by atomic mass is 16.3. The average Bonchev–Trinajstić information content (AvgIpc) is 3.54. The van der Waals surface area contributed by atoms with Gasteiger partial charge >= 0.3 is 0 Å². The van der Waals surface area contributed by atoms with Crippen LogP contribution in [-0.2, 0) is 6.42 Å². The number of rotatable bonds is 7. The van der Waals surface area contributed by atoms with Crippen LogP contribution in [0.1, 0.15) is 54.4 Å². The van der Waals surface area contributed by atoms with E-state index in [1.165, 1.54) is 82.4 Å². The van der Waals surface area contributed by atoms with E-state index in [-0.39, 0.29) is 5.92 Å². The number of aliphatic imine (C=N–C) groups is 1. The third-order valence-electron chi connectivity index (χ3n) is 12.4.